The van der Waals surface area contributed by atoms with E-state index in [-0.39, 0.29) is 17.5 Å². The fourth-order valence-electron chi connectivity index (χ4n) is 2.90. The molecule has 7 heteroatoms. The number of rotatable bonds is 4. The third-order valence-corrected chi connectivity index (χ3v) is 4.23. The number of hydrogen-bond donors (Lipinski definition) is 2. The highest BCUT2D eigenvalue weighted by molar-refractivity contribution is 6.11. The number of H-pyrrole nitrogens is 1. The van der Waals surface area contributed by atoms with Crippen LogP contribution in [-0.4, -0.2) is 28.1 Å². The molecule has 1 amide bonds. The second-order valence-corrected chi connectivity index (χ2v) is 5.97. The predicted octanol–water partition coefficient (Wildman–Crippen LogP) is 2.67. The third-order valence-electron chi connectivity index (χ3n) is 4.23. The van der Waals surface area contributed by atoms with Crippen LogP contribution in [0.2, 0.25) is 0 Å². The number of benzene rings is 1. The zero-order valence-electron chi connectivity index (χ0n) is 14.3. The van der Waals surface area contributed by atoms with Crippen molar-refractivity contribution in [3.63, 3.8) is 0 Å². The van der Waals surface area contributed by atoms with Crippen LogP contribution in [-0.2, 0) is 6.42 Å². The van der Waals surface area contributed by atoms with Gasteiger partial charge in [0.2, 0.25) is 5.88 Å². The Morgan fingerprint density at radius 1 is 1.22 bits per heavy atom. The van der Waals surface area contributed by atoms with E-state index in [0.717, 1.165) is 23.4 Å². The molecule has 0 spiro atoms. The summed E-state index contributed by atoms with van der Waals surface area (Å²) in [7, 11) is 0. The molecule has 2 aromatic heterocycles. The lowest BCUT2D eigenvalue weighted by Gasteiger charge is -2.10. The first-order valence-corrected chi connectivity index (χ1v) is 8.41. The van der Waals surface area contributed by atoms with E-state index in [2.05, 4.69) is 20.4 Å². The molecule has 1 aromatic carbocycles. The average Bonchev–Trinajstić information content (AvgIpc) is 3.15. The Bertz CT molecular complexity index is 1060. The van der Waals surface area contributed by atoms with Crippen molar-refractivity contribution in [3.8, 4) is 23.2 Å². The first kappa shape index (κ1) is 16.5. The highest BCUT2D eigenvalue weighted by Gasteiger charge is 2.20. The molecule has 0 fully saturated rings. The second kappa shape index (κ2) is 7.14. The van der Waals surface area contributed by atoms with Crippen molar-refractivity contribution < 1.29 is 9.63 Å². The van der Waals surface area contributed by atoms with Crippen LogP contribution in [0.4, 0.5) is 0 Å². The number of carbonyl (C=O) groups excluding carboxylic acids is 1. The Morgan fingerprint density at radius 2 is 2.07 bits per heavy atom. The van der Waals surface area contributed by atoms with Gasteiger partial charge in [-0.15, -0.1) is 0 Å². The molecule has 0 atom stereocenters. The normalized spacial score (nSPS) is 13.4. The molecule has 7 nitrogen and oxygen atoms in total. The number of carbonyl (C=O) groups is 1. The predicted molar refractivity (Wildman–Crippen MR) is 99.3 cm³/mol. The lowest BCUT2D eigenvalue weighted by molar-refractivity contribution is 0.0946. The summed E-state index contributed by atoms with van der Waals surface area (Å²) < 4.78 is 0. The number of nitrogens with zero attached hydrogens (tertiary/aromatic N) is 3. The molecular weight excluding hydrogens is 342 g/mol. The largest absolute Gasteiger partial charge is 0.358 e. The van der Waals surface area contributed by atoms with E-state index in [1.54, 1.807) is 24.4 Å². The van der Waals surface area contributed by atoms with E-state index in [4.69, 9.17) is 4.84 Å². The molecule has 1 aliphatic rings. The van der Waals surface area contributed by atoms with Crippen LogP contribution in [0.25, 0.3) is 11.3 Å². The molecule has 27 heavy (non-hydrogen) atoms. The third kappa shape index (κ3) is 3.41. The van der Waals surface area contributed by atoms with Crippen LogP contribution < -0.4 is 10.2 Å². The summed E-state index contributed by atoms with van der Waals surface area (Å²) in [6.07, 6.45) is 2.36. The van der Waals surface area contributed by atoms with Gasteiger partial charge in [-0.3, -0.25) is 4.79 Å². The quantitative estimate of drug-likeness (QED) is 0.553. The highest BCUT2D eigenvalue weighted by atomic mass is 16.6. The minimum absolute atomic E-state index is 0.0737. The van der Waals surface area contributed by atoms with Crippen molar-refractivity contribution in [2.45, 2.75) is 6.42 Å². The molecule has 0 saturated carbocycles. The fourth-order valence-corrected chi connectivity index (χ4v) is 2.90. The van der Waals surface area contributed by atoms with Gasteiger partial charge in [0.25, 0.3) is 5.91 Å². The highest BCUT2D eigenvalue weighted by Crippen LogP contribution is 2.25. The van der Waals surface area contributed by atoms with Crippen LogP contribution >= 0.6 is 0 Å². The lowest BCUT2D eigenvalue weighted by Crippen LogP contribution is -2.31. The Morgan fingerprint density at radius 3 is 2.85 bits per heavy atom. The average molecular weight is 357 g/mol. The molecule has 0 radical (unpaired) electrons. The summed E-state index contributed by atoms with van der Waals surface area (Å²) in [5, 5.41) is 16.0. The topological polar surface area (TPSA) is 103 Å². The van der Waals surface area contributed by atoms with Gasteiger partial charge >= 0.3 is 0 Å². The molecule has 4 rings (SSSR count). The smallest absolute Gasteiger partial charge is 0.253 e. The molecule has 3 aromatic rings. The van der Waals surface area contributed by atoms with E-state index < -0.39 is 0 Å². The van der Waals surface area contributed by atoms with Gasteiger partial charge in [-0.05, 0) is 12.1 Å². The van der Waals surface area contributed by atoms with E-state index in [9.17, 15) is 10.1 Å². The van der Waals surface area contributed by atoms with E-state index in [1.165, 1.54) is 0 Å². The van der Waals surface area contributed by atoms with Gasteiger partial charge in [-0.2, -0.15) is 5.26 Å². The summed E-state index contributed by atoms with van der Waals surface area (Å²) in [5.74, 6) is 0.184. The van der Waals surface area contributed by atoms with Crippen LogP contribution in [0, 0.1) is 11.3 Å². The maximum atomic E-state index is 11.9. The molecular formula is C20H15N5O2. The first-order chi connectivity index (χ1) is 13.2. The monoisotopic (exact) mass is 357 g/mol. The number of aromatic amines is 1. The van der Waals surface area contributed by atoms with E-state index in [1.807, 2.05) is 36.4 Å². The number of nitriles is 1. The van der Waals surface area contributed by atoms with Gasteiger partial charge < -0.3 is 15.1 Å². The van der Waals surface area contributed by atoms with Crippen molar-refractivity contribution in [1.82, 2.24) is 15.3 Å². The van der Waals surface area contributed by atoms with Crippen molar-refractivity contribution in [3.05, 3.63) is 71.5 Å². The summed E-state index contributed by atoms with van der Waals surface area (Å²) in [6.45, 7) is 0.627. The molecule has 0 saturated heterocycles. The summed E-state index contributed by atoms with van der Waals surface area (Å²) >= 11 is 0. The van der Waals surface area contributed by atoms with Gasteiger partial charge in [0.1, 0.15) is 6.07 Å². The molecule has 0 bridgehead atoms. The number of pyridine rings is 1. The molecule has 132 valence electrons. The maximum absolute atomic E-state index is 11.9. The van der Waals surface area contributed by atoms with Gasteiger partial charge in [-0.25, -0.2) is 4.98 Å². The van der Waals surface area contributed by atoms with Crippen LogP contribution in [0.15, 0.2) is 59.9 Å². The molecule has 2 N–H and O–H groups in total. The van der Waals surface area contributed by atoms with Crippen LogP contribution in [0.5, 0.6) is 5.88 Å². The van der Waals surface area contributed by atoms with Gasteiger partial charge in [0, 0.05) is 47.7 Å². The number of hydrogen-bond acceptors (Lipinski definition) is 5. The minimum atomic E-state index is -0.0737. The molecule has 3 heterocycles. The molecule has 0 aliphatic carbocycles. The van der Waals surface area contributed by atoms with Gasteiger partial charge in [-0.1, -0.05) is 35.5 Å². The first-order valence-electron chi connectivity index (χ1n) is 8.41. The van der Waals surface area contributed by atoms with Crippen molar-refractivity contribution in [2.24, 2.45) is 5.16 Å². The number of nitrogens with one attached hydrogen (secondary N) is 2. The Labute approximate surface area is 155 Å². The van der Waals surface area contributed by atoms with Crippen molar-refractivity contribution in [2.75, 3.05) is 6.54 Å². The summed E-state index contributed by atoms with van der Waals surface area (Å²) in [6, 6.07) is 16.4. The maximum Gasteiger partial charge on any atom is 0.253 e. The van der Waals surface area contributed by atoms with Gasteiger partial charge in [0.15, 0.2) is 5.71 Å². The fraction of sp³-hybridized carbons (Fsp3) is 0.100. The minimum Gasteiger partial charge on any atom is -0.358 e. The number of aromatic nitrogens is 2. The lowest BCUT2D eigenvalue weighted by atomic mass is 10.1. The number of oxime groups is 1. The summed E-state index contributed by atoms with van der Waals surface area (Å²) in [5.41, 5.74) is 4.02. The van der Waals surface area contributed by atoms with Crippen LogP contribution in [0.3, 0.4) is 0 Å². The molecule has 0 unspecified atom stereocenters. The Kier molecular flexibility index (Phi) is 4.37. The Hall–Kier alpha value is -3.92. The number of fused-ring (bicyclic) bond motifs is 1. The zero-order valence-corrected chi connectivity index (χ0v) is 14.3. The standard InChI is InChI=1S/C20H15N5O2/c21-12-18(13-4-2-1-3-5-13)25-27-19-10-14(6-8-22-19)17-11-15-16(24-17)7-9-23-20(15)26/h1-6,8,10-11,24H,7,9H2,(H,23,26). The SMILES string of the molecule is N#CC(=NOc1cc(-c2cc3c([nH]2)CCNC3=O)ccn1)c1ccccc1. The van der Waals surface area contributed by atoms with E-state index >= 15 is 0 Å². The van der Waals surface area contributed by atoms with Crippen molar-refractivity contribution >= 4 is 11.6 Å². The Balaban J connectivity index is 1.59. The number of amides is 1. The van der Waals surface area contributed by atoms with Crippen molar-refractivity contribution in [1.29, 1.82) is 5.26 Å². The van der Waals surface area contributed by atoms with Crippen LogP contribution in [0.1, 0.15) is 21.6 Å². The molecule has 1 aliphatic heterocycles. The zero-order chi connectivity index (χ0) is 18.6. The second-order valence-electron chi connectivity index (χ2n) is 5.97. The van der Waals surface area contributed by atoms with E-state index in [0.29, 0.717) is 17.7 Å². The summed E-state index contributed by atoms with van der Waals surface area (Å²) in [4.78, 5) is 24.7. The van der Waals surface area contributed by atoms with Gasteiger partial charge in [0.05, 0.1) is 5.56 Å².